The third-order valence-corrected chi connectivity index (χ3v) is 4.44. The molecule has 5 nitrogen and oxygen atoms in total. The van der Waals surface area contributed by atoms with Crippen LogP contribution in [0.1, 0.15) is 38.7 Å². The van der Waals surface area contributed by atoms with E-state index >= 15 is 0 Å². The largest absolute Gasteiger partial charge is 0.396 e. The zero-order valence-electron chi connectivity index (χ0n) is 14.1. The fourth-order valence-corrected chi connectivity index (χ4v) is 3.28. The maximum atomic E-state index is 10.3. The number of nitrogens with zero attached hydrogens (tertiary/aromatic N) is 2. The Bertz CT molecular complexity index is 487. The lowest BCUT2D eigenvalue weighted by molar-refractivity contribution is 0.0715. The van der Waals surface area contributed by atoms with Crippen molar-refractivity contribution < 1.29 is 10.2 Å². The normalized spacial score (nSPS) is 29.0. The van der Waals surface area contributed by atoms with Crippen LogP contribution in [0.5, 0.6) is 0 Å². The minimum atomic E-state index is -0.449. The second-order valence-electron chi connectivity index (χ2n) is 7.66. The quantitative estimate of drug-likeness (QED) is 0.765. The maximum absolute atomic E-state index is 10.3. The van der Waals surface area contributed by atoms with E-state index in [0.29, 0.717) is 6.42 Å². The minimum Gasteiger partial charge on any atom is -0.396 e. The Balaban J connectivity index is 2.11. The molecule has 0 radical (unpaired) electrons. The summed E-state index contributed by atoms with van der Waals surface area (Å²) in [5.74, 6) is 0.861. The highest BCUT2D eigenvalue weighted by Gasteiger charge is 2.42. The molecule has 1 heterocycles. The first-order chi connectivity index (χ1) is 10.3. The third kappa shape index (κ3) is 4.48. The van der Waals surface area contributed by atoms with Crippen LogP contribution in [0.4, 0.5) is 0 Å². The van der Waals surface area contributed by atoms with E-state index in [1.54, 1.807) is 6.20 Å². The fraction of sp³-hybridized carbons (Fsp3) is 0.765. The van der Waals surface area contributed by atoms with E-state index in [2.05, 4.69) is 36.1 Å². The van der Waals surface area contributed by atoms with Gasteiger partial charge in [0.25, 0.3) is 0 Å². The number of aromatic nitrogens is 2. The summed E-state index contributed by atoms with van der Waals surface area (Å²) in [4.78, 5) is 8.60. The van der Waals surface area contributed by atoms with Gasteiger partial charge in [-0.1, -0.05) is 20.8 Å². The van der Waals surface area contributed by atoms with Crippen molar-refractivity contribution in [3.63, 3.8) is 0 Å². The Hall–Kier alpha value is -1.04. The Morgan fingerprint density at radius 2 is 2.05 bits per heavy atom. The molecular formula is C17H29N3O2. The Kier molecular flexibility index (Phi) is 5.53. The van der Waals surface area contributed by atoms with E-state index < -0.39 is 6.10 Å². The molecule has 0 aliphatic heterocycles. The predicted molar refractivity (Wildman–Crippen MR) is 86.4 cm³/mol. The third-order valence-electron chi connectivity index (χ3n) is 4.44. The Labute approximate surface area is 133 Å². The van der Waals surface area contributed by atoms with Gasteiger partial charge >= 0.3 is 0 Å². The van der Waals surface area contributed by atoms with Crippen LogP contribution in [-0.2, 0) is 6.42 Å². The summed E-state index contributed by atoms with van der Waals surface area (Å²) in [6, 6.07) is 2.13. The molecule has 1 aromatic rings. The van der Waals surface area contributed by atoms with Gasteiger partial charge in [-0.2, -0.15) is 0 Å². The van der Waals surface area contributed by atoms with Crippen molar-refractivity contribution in [2.45, 2.75) is 52.7 Å². The van der Waals surface area contributed by atoms with Crippen molar-refractivity contribution in [1.29, 1.82) is 0 Å². The second kappa shape index (κ2) is 7.02. The van der Waals surface area contributed by atoms with Crippen LogP contribution >= 0.6 is 0 Å². The molecule has 124 valence electrons. The minimum absolute atomic E-state index is 0.0175. The molecule has 1 aromatic heterocycles. The summed E-state index contributed by atoms with van der Waals surface area (Å²) in [6.45, 7) is 9.37. The molecule has 0 amide bonds. The lowest BCUT2D eigenvalue weighted by Crippen LogP contribution is -2.40. The number of hydrogen-bond acceptors (Lipinski definition) is 5. The summed E-state index contributed by atoms with van der Waals surface area (Å²) in [5, 5.41) is 23.5. The van der Waals surface area contributed by atoms with Crippen LogP contribution in [0.3, 0.4) is 0 Å². The van der Waals surface area contributed by atoms with Crippen molar-refractivity contribution in [3.8, 4) is 0 Å². The van der Waals surface area contributed by atoms with Crippen LogP contribution in [0.25, 0.3) is 0 Å². The predicted octanol–water partition coefficient (Wildman–Crippen LogP) is 1.32. The van der Waals surface area contributed by atoms with Gasteiger partial charge in [-0.05, 0) is 37.2 Å². The molecule has 1 aliphatic rings. The monoisotopic (exact) mass is 307 g/mol. The average Bonchev–Trinajstić information content (AvgIpc) is 2.71. The molecular weight excluding hydrogens is 278 g/mol. The van der Waals surface area contributed by atoms with Crippen molar-refractivity contribution in [1.82, 2.24) is 15.3 Å². The molecule has 0 bridgehead atoms. The van der Waals surface area contributed by atoms with Gasteiger partial charge in [0, 0.05) is 37.0 Å². The van der Waals surface area contributed by atoms with Crippen LogP contribution < -0.4 is 5.32 Å². The summed E-state index contributed by atoms with van der Waals surface area (Å²) < 4.78 is 0. The van der Waals surface area contributed by atoms with E-state index in [4.69, 9.17) is 0 Å². The molecule has 4 atom stereocenters. The molecule has 1 fully saturated rings. The smallest absolute Gasteiger partial charge is 0.125 e. The molecule has 22 heavy (non-hydrogen) atoms. The van der Waals surface area contributed by atoms with Crippen LogP contribution in [-0.4, -0.2) is 45.5 Å². The number of nitrogens with one attached hydrogen (secondary N) is 1. The Morgan fingerprint density at radius 3 is 2.64 bits per heavy atom. The molecule has 0 spiro atoms. The van der Waals surface area contributed by atoms with Crippen molar-refractivity contribution in [2.24, 2.45) is 17.3 Å². The molecule has 2 rings (SSSR count). The van der Waals surface area contributed by atoms with Gasteiger partial charge in [-0.3, -0.25) is 0 Å². The van der Waals surface area contributed by atoms with Crippen LogP contribution in [0.15, 0.2) is 12.3 Å². The number of aryl methyl sites for hydroxylation is 1. The maximum Gasteiger partial charge on any atom is 0.125 e. The van der Waals surface area contributed by atoms with Crippen LogP contribution in [0, 0.1) is 24.2 Å². The molecule has 3 N–H and O–H groups in total. The first-order valence-corrected chi connectivity index (χ1v) is 8.11. The van der Waals surface area contributed by atoms with Gasteiger partial charge in [0.1, 0.15) is 5.82 Å². The highest BCUT2D eigenvalue weighted by molar-refractivity contribution is 5.07. The van der Waals surface area contributed by atoms with E-state index in [-0.39, 0.29) is 29.9 Å². The molecule has 4 unspecified atom stereocenters. The van der Waals surface area contributed by atoms with Crippen molar-refractivity contribution in [3.05, 3.63) is 23.8 Å². The zero-order chi connectivity index (χ0) is 16.3. The summed E-state index contributed by atoms with van der Waals surface area (Å²) in [6.07, 6.45) is 2.77. The zero-order valence-corrected chi connectivity index (χ0v) is 14.1. The molecule has 1 aliphatic carbocycles. The van der Waals surface area contributed by atoms with Gasteiger partial charge in [-0.15, -0.1) is 0 Å². The lowest BCUT2D eigenvalue weighted by Gasteiger charge is -2.28. The molecule has 1 saturated carbocycles. The highest BCUT2D eigenvalue weighted by atomic mass is 16.3. The number of aliphatic hydroxyl groups excluding tert-OH is 2. The van der Waals surface area contributed by atoms with Gasteiger partial charge in [-0.25, -0.2) is 9.97 Å². The topological polar surface area (TPSA) is 78.3 Å². The summed E-state index contributed by atoms with van der Waals surface area (Å²) >= 11 is 0. The van der Waals surface area contributed by atoms with Gasteiger partial charge < -0.3 is 15.5 Å². The van der Waals surface area contributed by atoms with Crippen molar-refractivity contribution >= 4 is 0 Å². The van der Waals surface area contributed by atoms with E-state index in [1.807, 2.05) is 13.0 Å². The molecule has 5 heteroatoms. The standard InChI is InChI=1S/C17H29N3O2/c1-11-18-6-5-12(20-11)7-13-14(9-21)16(22)8-15(13)19-10-17(2,3)4/h5-6,13-16,19,21-22H,7-10H2,1-4H3. The van der Waals surface area contributed by atoms with Gasteiger partial charge in [0.05, 0.1) is 6.10 Å². The average molecular weight is 307 g/mol. The van der Waals surface area contributed by atoms with Crippen molar-refractivity contribution in [2.75, 3.05) is 13.2 Å². The Morgan fingerprint density at radius 1 is 1.32 bits per heavy atom. The van der Waals surface area contributed by atoms with Crippen LogP contribution in [0.2, 0.25) is 0 Å². The molecule has 0 aromatic carbocycles. The summed E-state index contributed by atoms with van der Waals surface area (Å²) in [7, 11) is 0. The lowest BCUT2D eigenvalue weighted by atomic mass is 9.88. The number of aliphatic hydroxyl groups is 2. The van der Waals surface area contributed by atoms with Gasteiger partial charge in [0.15, 0.2) is 0 Å². The van der Waals surface area contributed by atoms with E-state index in [9.17, 15) is 10.2 Å². The second-order valence-corrected chi connectivity index (χ2v) is 7.66. The van der Waals surface area contributed by atoms with E-state index in [1.165, 1.54) is 0 Å². The highest BCUT2D eigenvalue weighted by Crippen LogP contribution is 2.35. The molecule has 0 saturated heterocycles. The number of rotatable bonds is 5. The summed E-state index contributed by atoms with van der Waals surface area (Å²) in [5.41, 5.74) is 1.17. The fourth-order valence-electron chi connectivity index (χ4n) is 3.28. The number of hydrogen-bond donors (Lipinski definition) is 3. The van der Waals surface area contributed by atoms with Gasteiger partial charge in [0.2, 0.25) is 0 Å². The van der Waals surface area contributed by atoms with E-state index in [0.717, 1.165) is 24.5 Å². The SMILES string of the molecule is Cc1nccc(CC2C(NCC(C)(C)C)CC(O)C2CO)n1. The first kappa shape index (κ1) is 17.3. The first-order valence-electron chi connectivity index (χ1n) is 8.11.